The molecule has 2 aromatic heterocycles. The molecule has 1 amide bonds. The maximum atomic E-state index is 12.4. The summed E-state index contributed by atoms with van der Waals surface area (Å²) in [6, 6.07) is 9.40. The number of benzene rings is 1. The van der Waals surface area contributed by atoms with Crippen LogP contribution in [-0.2, 0) is 0 Å². The summed E-state index contributed by atoms with van der Waals surface area (Å²) >= 11 is 8.97. The Bertz CT molecular complexity index is 795. The van der Waals surface area contributed by atoms with Crippen LogP contribution < -0.4 is 11.1 Å². The Morgan fingerprint density at radius 3 is 2.90 bits per heavy atom. The second-order valence-electron chi connectivity index (χ2n) is 4.70. The molecule has 0 fully saturated rings. The highest BCUT2D eigenvalue weighted by atomic mass is 35.5. The number of nitrogen functional groups attached to an aromatic ring is 1. The fourth-order valence-corrected chi connectivity index (χ4v) is 4.17. The minimum absolute atomic E-state index is 0.0364. The zero-order valence-corrected chi connectivity index (χ0v) is 13.6. The summed E-state index contributed by atoms with van der Waals surface area (Å²) in [7, 11) is 0. The number of nitrogens with one attached hydrogen (secondary N) is 1. The van der Waals surface area contributed by atoms with Crippen molar-refractivity contribution >= 4 is 56.0 Å². The molecule has 2 heterocycles. The van der Waals surface area contributed by atoms with E-state index in [0.717, 1.165) is 15.0 Å². The molecule has 21 heavy (non-hydrogen) atoms. The molecule has 0 saturated carbocycles. The standard InChI is InChI=1S/C15H13ClN2OS2/c1-8(11-3-2-6-20-11)18-15(19)14-13(17)10-5-4-9(16)7-12(10)21-14/h2-8H,17H2,1H3,(H,18,19). The van der Waals surface area contributed by atoms with Gasteiger partial charge in [-0.05, 0) is 36.6 Å². The highest BCUT2D eigenvalue weighted by Gasteiger charge is 2.19. The minimum Gasteiger partial charge on any atom is -0.397 e. The average molecular weight is 337 g/mol. The maximum Gasteiger partial charge on any atom is 0.264 e. The van der Waals surface area contributed by atoms with Gasteiger partial charge >= 0.3 is 0 Å². The number of carbonyl (C=O) groups excluding carboxylic acids is 1. The summed E-state index contributed by atoms with van der Waals surface area (Å²) in [5.41, 5.74) is 6.61. The molecule has 108 valence electrons. The first-order valence-electron chi connectivity index (χ1n) is 6.38. The number of anilines is 1. The average Bonchev–Trinajstić information content (AvgIpc) is 3.07. The number of fused-ring (bicyclic) bond motifs is 1. The van der Waals surface area contributed by atoms with Gasteiger partial charge in [-0.15, -0.1) is 22.7 Å². The summed E-state index contributed by atoms with van der Waals surface area (Å²) < 4.78 is 0.925. The molecule has 1 atom stereocenters. The number of rotatable bonds is 3. The molecule has 0 radical (unpaired) electrons. The van der Waals surface area contributed by atoms with Crippen molar-refractivity contribution in [2.45, 2.75) is 13.0 Å². The minimum atomic E-state index is -0.147. The van der Waals surface area contributed by atoms with Crippen LogP contribution in [0.4, 0.5) is 5.69 Å². The number of thiophene rings is 2. The Balaban J connectivity index is 1.89. The Morgan fingerprint density at radius 2 is 2.19 bits per heavy atom. The lowest BCUT2D eigenvalue weighted by Gasteiger charge is -2.11. The zero-order chi connectivity index (χ0) is 15.0. The Morgan fingerprint density at radius 1 is 1.38 bits per heavy atom. The molecule has 6 heteroatoms. The number of carbonyl (C=O) groups is 1. The van der Waals surface area contributed by atoms with E-state index < -0.39 is 0 Å². The second kappa shape index (κ2) is 5.67. The lowest BCUT2D eigenvalue weighted by molar-refractivity contribution is 0.0945. The van der Waals surface area contributed by atoms with Crippen LogP contribution in [0.15, 0.2) is 35.7 Å². The SMILES string of the molecule is CC(NC(=O)c1sc2cc(Cl)ccc2c1N)c1cccs1. The van der Waals surface area contributed by atoms with E-state index in [9.17, 15) is 4.79 Å². The lowest BCUT2D eigenvalue weighted by Crippen LogP contribution is -2.25. The van der Waals surface area contributed by atoms with Gasteiger partial charge in [0.05, 0.1) is 11.7 Å². The van der Waals surface area contributed by atoms with Crippen molar-refractivity contribution in [1.82, 2.24) is 5.32 Å². The van der Waals surface area contributed by atoms with E-state index in [4.69, 9.17) is 17.3 Å². The van der Waals surface area contributed by atoms with Crippen LogP contribution in [-0.4, -0.2) is 5.91 Å². The molecule has 3 aromatic rings. The Hall–Kier alpha value is -1.56. The third-order valence-electron chi connectivity index (χ3n) is 3.21. The van der Waals surface area contributed by atoms with E-state index in [0.29, 0.717) is 15.6 Å². The molecular weight excluding hydrogens is 324 g/mol. The summed E-state index contributed by atoms with van der Waals surface area (Å²) in [5.74, 6) is -0.147. The first kappa shape index (κ1) is 14.4. The van der Waals surface area contributed by atoms with E-state index in [2.05, 4.69) is 5.32 Å². The number of hydrogen-bond acceptors (Lipinski definition) is 4. The van der Waals surface area contributed by atoms with Gasteiger partial charge in [0.25, 0.3) is 5.91 Å². The fraction of sp³-hybridized carbons (Fsp3) is 0.133. The summed E-state index contributed by atoms with van der Waals surface area (Å²) in [6.07, 6.45) is 0. The molecule has 3 nitrogen and oxygen atoms in total. The largest absolute Gasteiger partial charge is 0.397 e. The van der Waals surface area contributed by atoms with Crippen LogP contribution in [0.5, 0.6) is 0 Å². The molecular formula is C15H13ClN2OS2. The summed E-state index contributed by atoms with van der Waals surface area (Å²) in [4.78, 5) is 14.1. The predicted octanol–water partition coefficient (Wildman–Crippen LogP) is 4.69. The van der Waals surface area contributed by atoms with Crippen molar-refractivity contribution in [2.75, 3.05) is 5.73 Å². The molecule has 0 spiro atoms. The topological polar surface area (TPSA) is 55.1 Å². The first-order valence-corrected chi connectivity index (χ1v) is 8.45. The van der Waals surface area contributed by atoms with Crippen molar-refractivity contribution in [3.8, 4) is 0 Å². The molecule has 3 N–H and O–H groups in total. The van der Waals surface area contributed by atoms with Gasteiger partial charge in [0.15, 0.2) is 0 Å². The Labute approximate surface area is 135 Å². The van der Waals surface area contributed by atoms with E-state index >= 15 is 0 Å². The molecule has 0 bridgehead atoms. The van der Waals surface area contributed by atoms with E-state index in [1.807, 2.05) is 36.6 Å². The van der Waals surface area contributed by atoms with E-state index in [-0.39, 0.29) is 11.9 Å². The molecule has 3 rings (SSSR count). The zero-order valence-electron chi connectivity index (χ0n) is 11.2. The van der Waals surface area contributed by atoms with Crippen molar-refractivity contribution in [3.05, 3.63) is 50.5 Å². The van der Waals surface area contributed by atoms with E-state index in [1.165, 1.54) is 11.3 Å². The molecule has 0 aliphatic carbocycles. The van der Waals surface area contributed by atoms with Crippen LogP contribution >= 0.6 is 34.3 Å². The van der Waals surface area contributed by atoms with Gasteiger partial charge < -0.3 is 11.1 Å². The molecule has 0 aliphatic rings. The van der Waals surface area contributed by atoms with Gasteiger partial charge in [-0.1, -0.05) is 17.7 Å². The Kier molecular flexibility index (Phi) is 3.89. The molecule has 1 unspecified atom stereocenters. The van der Waals surface area contributed by atoms with Gasteiger partial charge in [0.1, 0.15) is 4.88 Å². The predicted molar refractivity (Wildman–Crippen MR) is 91.4 cm³/mol. The quantitative estimate of drug-likeness (QED) is 0.729. The third kappa shape index (κ3) is 2.77. The number of nitrogens with two attached hydrogens (primary N) is 1. The van der Waals surface area contributed by atoms with Crippen LogP contribution in [0, 0.1) is 0 Å². The lowest BCUT2D eigenvalue weighted by atomic mass is 10.2. The van der Waals surface area contributed by atoms with Crippen LogP contribution in [0.1, 0.15) is 27.5 Å². The van der Waals surface area contributed by atoms with Crippen LogP contribution in [0.2, 0.25) is 5.02 Å². The van der Waals surface area contributed by atoms with Gasteiger partial charge in [0, 0.05) is 20.0 Å². The second-order valence-corrected chi connectivity index (χ2v) is 7.16. The molecule has 0 saturated heterocycles. The number of hydrogen-bond donors (Lipinski definition) is 2. The highest BCUT2D eigenvalue weighted by Crippen LogP contribution is 2.35. The summed E-state index contributed by atoms with van der Waals surface area (Å²) in [6.45, 7) is 1.96. The monoisotopic (exact) mass is 336 g/mol. The van der Waals surface area contributed by atoms with Crippen molar-refractivity contribution < 1.29 is 4.79 Å². The van der Waals surface area contributed by atoms with E-state index in [1.54, 1.807) is 17.4 Å². The normalized spacial score (nSPS) is 12.5. The number of halogens is 1. The smallest absolute Gasteiger partial charge is 0.264 e. The van der Waals surface area contributed by atoms with Gasteiger partial charge in [0.2, 0.25) is 0 Å². The van der Waals surface area contributed by atoms with Gasteiger partial charge in [-0.2, -0.15) is 0 Å². The number of amides is 1. The fourth-order valence-electron chi connectivity index (χ4n) is 2.13. The van der Waals surface area contributed by atoms with Gasteiger partial charge in [-0.3, -0.25) is 4.79 Å². The third-order valence-corrected chi connectivity index (χ3v) is 5.67. The molecule has 0 aliphatic heterocycles. The van der Waals surface area contributed by atoms with Crippen molar-refractivity contribution in [1.29, 1.82) is 0 Å². The van der Waals surface area contributed by atoms with Crippen LogP contribution in [0.25, 0.3) is 10.1 Å². The maximum absolute atomic E-state index is 12.4. The highest BCUT2D eigenvalue weighted by molar-refractivity contribution is 7.21. The first-order chi connectivity index (χ1) is 10.1. The van der Waals surface area contributed by atoms with Crippen LogP contribution in [0.3, 0.4) is 0 Å². The van der Waals surface area contributed by atoms with Gasteiger partial charge in [-0.25, -0.2) is 0 Å². The van der Waals surface area contributed by atoms with Crippen molar-refractivity contribution in [2.24, 2.45) is 0 Å². The molecule has 1 aromatic carbocycles. The van der Waals surface area contributed by atoms with Crippen molar-refractivity contribution in [3.63, 3.8) is 0 Å². The summed E-state index contributed by atoms with van der Waals surface area (Å²) in [5, 5.41) is 6.49.